The van der Waals surface area contributed by atoms with Gasteiger partial charge in [0.2, 0.25) is 0 Å². The molecule has 0 amide bonds. The molecule has 0 saturated heterocycles. The number of nitrogens with one attached hydrogen (secondary N) is 1. The monoisotopic (exact) mass is 265 g/mol. The second-order valence-corrected chi connectivity index (χ2v) is 6.09. The van der Waals surface area contributed by atoms with Gasteiger partial charge in [-0.05, 0) is 43.4 Å². The van der Waals surface area contributed by atoms with Crippen molar-refractivity contribution in [1.82, 2.24) is 5.32 Å². The lowest BCUT2D eigenvalue weighted by Gasteiger charge is -2.09. The van der Waals surface area contributed by atoms with Gasteiger partial charge >= 0.3 is 0 Å². The smallest absolute Gasteiger partial charge is 0.0470 e. The SMILES string of the molecule is COCCCSc1ccc(CNC2CC2)cc1C. The molecule has 0 aromatic heterocycles. The minimum absolute atomic E-state index is 0.786. The van der Waals surface area contributed by atoms with E-state index in [9.17, 15) is 0 Å². The van der Waals surface area contributed by atoms with E-state index in [2.05, 4.69) is 30.4 Å². The summed E-state index contributed by atoms with van der Waals surface area (Å²) < 4.78 is 5.07. The Morgan fingerprint density at radius 1 is 1.39 bits per heavy atom. The second-order valence-electron chi connectivity index (χ2n) is 4.95. The molecule has 18 heavy (non-hydrogen) atoms. The number of benzene rings is 1. The Labute approximate surface area is 114 Å². The molecule has 1 N–H and O–H groups in total. The topological polar surface area (TPSA) is 21.3 Å². The van der Waals surface area contributed by atoms with Crippen LogP contribution in [0.3, 0.4) is 0 Å². The normalized spacial score (nSPS) is 15.0. The van der Waals surface area contributed by atoms with Crippen molar-refractivity contribution in [3.05, 3.63) is 29.3 Å². The molecule has 100 valence electrons. The maximum Gasteiger partial charge on any atom is 0.0470 e. The van der Waals surface area contributed by atoms with Crippen LogP contribution in [0, 0.1) is 6.92 Å². The van der Waals surface area contributed by atoms with E-state index in [1.165, 1.54) is 28.9 Å². The van der Waals surface area contributed by atoms with Crippen LogP contribution in [0.15, 0.2) is 23.1 Å². The molecule has 1 aliphatic rings. The van der Waals surface area contributed by atoms with E-state index < -0.39 is 0 Å². The summed E-state index contributed by atoms with van der Waals surface area (Å²) in [5, 5.41) is 3.56. The molecule has 0 aliphatic heterocycles. The van der Waals surface area contributed by atoms with Crippen LogP contribution in [0.2, 0.25) is 0 Å². The minimum Gasteiger partial charge on any atom is -0.385 e. The van der Waals surface area contributed by atoms with Crippen molar-refractivity contribution in [2.45, 2.75) is 43.7 Å². The van der Waals surface area contributed by atoms with Crippen LogP contribution >= 0.6 is 11.8 Å². The van der Waals surface area contributed by atoms with Gasteiger partial charge in [-0.3, -0.25) is 0 Å². The Morgan fingerprint density at radius 2 is 2.22 bits per heavy atom. The molecule has 0 unspecified atom stereocenters. The third-order valence-corrected chi connectivity index (χ3v) is 4.42. The summed E-state index contributed by atoms with van der Waals surface area (Å²) >= 11 is 1.93. The average molecular weight is 265 g/mol. The van der Waals surface area contributed by atoms with E-state index in [1.54, 1.807) is 7.11 Å². The van der Waals surface area contributed by atoms with Crippen LogP contribution in [-0.4, -0.2) is 25.5 Å². The lowest BCUT2D eigenvalue weighted by Crippen LogP contribution is -2.15. The molecule has 1 aromatic carbocycles. The van der Waals surface area contributed by atoms with Crippen LogP contribution in [0.4, 0.5) is 0 Å². The lowest BCUT2D eigenvalue weighted by molar-refractivity contribution is 0.200. The van der Waals surface area contributed by atoms with Crippen LogP contribution in [0.5, 0.6) is 0 Å². The quantitative estimate of drug-likeness (QED) is 0.575. The number of rotatable bonds is 8. The molecular formula is C15H23NOS. The van der Waals surface area contributed by atoms with Crippen molar-refractivity contribution in [3.8, 4) is 0 Å². The van der Waals surface area contributed by atoms with Gasteiger partial charge in [-0.15, -0.1) is 11.8 Å². The zero-order valence-corrected chi connectivity index (χ0v) is 12.2. The van der Waals surface area contributed by atoms with Crippen molar-refractivity contribution in [1.29, 1.82) is 0 Å². The molecule has 1 aliphatic carbocycles. The van der Waals surface area contributed by atoms with Gasteiger partial charge in [-0.2, -0.15) is 0 Å². The first-order valence-corrected chi connectivity index (χ1v) is 7.73. The molecule has 1 saturated carbocycles. The standard InChI is InChI=1S/C15H23NOS/c1-12-10-13(11-16-14-5-6-14)4-7-15(12)18-9-3-8-17-2/h4,7,10,14,16H,3,5-6,8-9,11H2,1-2H3. The van der Waals surface area contributed by atoms with E-state index in [4.69, 9.17) is 4.74 Å². The van der Waals surface area contributed by atoms with Crippen molar-refractivity contribution < 1.29 is 4.74 Å². The van der Waals surface area contributed by atoms with E-state index in [1.807, 2.05) is 11.8 Å². The first-order chi connectivity index (χ1) is 8.79. The molecule has 2 nitrogen and oxygen atoms in total. The van der Waals surface area contributed by atoms with Gasteiger partial charge in [0.15, 0.2) is 0 Å². The number of methoxy groups -OCH3 is 1. The summed E-state index contributed by atoms with van der Waals surface area (Å²) in [5.41, 5.74) is 2.80. The predicted octanol–water partition coefficient (Wildman–Crippen LogP) is 3.38. The maximum absolute atomic E-state index is 5.07. The third kappa shape index (κ3) is 4.63. The molecule has 0 spiro atoms. The number of hydrogen-bond donors (Lipinski definition) is 1. The average Bonchev–Trinajstić information content (AvgIpc) is 3.18. The number of thioether (sulfide) groups is 1. The van der Waals surface area contributed by atoms with Gasteiger partial charge in [-0.1, -0.05) is 12.1 Å². The molecule has 2 rings (SSSR count). The van der Waals surface area contributed by atoms with Crippen molar-refractivity contribution in [2.24, 2.45) is 0 Å². The fourth-order valence-corrected chi connectivity index (χ4v) is 2.85. The molecule has 0 bridgehead atoms. The molecule has 0 atom stereocenters. The van der Waals surface area contributed by atoms with E-state index in [-0.39, 0.29) is 0 Å². The summed E-state index contributed by atoms with van der Waals surface area (Å²) in [6.45, 7) is 4.08. The lowest BCUT2D eigenvalue weighted by atomic mass is 10.1. The minimum atomic E-state index is 0.786. The molecule has 1 fully saturated rings. The Bertz CT molecular complexity index is 377. The van der Waals surface area contributed by atoms with Gasteiger partial charge in [0.05, 0.1) is 0 Å². The second kappa shape index (κ2) is 7.17. The van der Waals surface area contributed by atoms with E-state index >= 15 is 0 Å². The van der Waals surface area contributed by atoms with Crippen molar-refractivity contribution >= 4 is 11.8 Å². The van der Waals surface area contributed by atoms with Gasteiger partial charge in [0, 0.05) is 37.0 Å². The molecule has 0 heterocycles. The fraction of sp³-hybridized carbons (Fsp3) is 0.600. The van der Waals surface area contributed by atoms with Gasteiger partial charge in [0.1, 0.15) is 0 Å². The highest BCUT2D eigenvalue weighted by Gasteiger charge is 2.19. The zero-order valence-electron chi connectivity index (χ0n) is 11.4. The Morgan fingerprint density at radius 3 is 2.89 bits per heavy atom. The highest BCUT2D eigenvalue weighted by atomic mass is 32.2. The van der Waals surface area contributed by atoms with Gasteiger partial charge in [0.25, 0.3) is 0 Å². The first-order valence-electron chi connectivity index (χ1n) is 6.74. The van der Waals surface area contributed by atoms with Crippen LogP contribution < -0.4 is 5.32 Å². The fourth-order valence-electron chi connectivity index (χ4n) is 1.92. The maximum atomic E-state index is 5.07. The Balaban J connectivity index is 1.79. The van der Waals surface area contributed by atoms with E-state index in [0.717, 1.165) is 31.4 Å². The van der Waals surface area contributed by atoms with Crippen LogP contribution in [-0.2, 0) is 11.3 Å². The highest BCUT2D eigenvalue weighted by Crippen LogP contribution is 2.24. The largest absolute Gasteiger partial charge is 0.385 e. The molecule has 0 radical (unpaired) electrons. The van der Waals surface area contributed by atoms with Crippen molar-refractivity contribution in [3.63, 3.8) is 0 Å². The Hall–Kier alpha value is -0.510. The summed E-state index contributed by atoms with van der Waals surface area (Å²) in [6.07, 6.45) is 3.82. The summed E-state index contributed by atoms with van der Waals surface area (Å²) in [5.74, 6) is 1.13. The Kier molecular flexibility index (Phi) is 5.54. The molecular weight excluding hydrogens is 242 g/mol. The summed E-state index contributed by atoms with van der Waals surface area (Å²) in [4.78, 5) is 1.40. The van der Waals surface area contributed by atoms with Crippen LogP contribution in [0.1, 0.15) is 30.4 Å². The first kappa shape index (κ1) is 13.9. The van der Waals surface area contributed by atoms with E-state index in [0.29, 0.717) is 0 Å². The number of hydrogen-bond acceptors (Lipinski definition) is 3. The number of ether oxygens (including phenoxy) is 1. The zero-order chi connectivity index (χ0) is 12.8. The van der Waals surface area contributed by atoms with Crippen molar-refractivity contribution in [2.75, 3.05) is 19.5 Å². The van der Waals surface area contributed by atoms with Gasteiger partial charge < -0.3 is 10.1 Å². The summed E-state index contributed by atoms with van der Waals surface area (Å²) in [6, 6.07) is 7.61. The molecule has 3 heteroatoms. The summed E-state index contributed by atoms with van der Waals surface area (Å²) in [7, 11) is 1.76. The van der Waals surface area contributed by atoms with Crippen LogP contribution in [0.25, 0.3) is 0 Å². The highest BCUT2D eigenvalue weighted by molar-refractivity contribution is 7.99. The number of aryl methyl sites for hydroxylation is 1. The van der Waals surface area contributed by atoms with Gasteiger partial charge in [-0.25, -0.2) is 0 Å². The molecule has 1 aromatic rings. The third-order valence-electron chi connectivity index (χ3n) is 3.16. The predicted molar refractivity (Wildman–Crippen MR) is 78.3 cm³/mol.